The van der Waals surface area contributed by atoms with Crippen molar-refractivity contribution in [3.05, 3.63) is 108 Å². The molecule has 10 heteroatoms. The molecule has 0 radical (unpaired) electrons. The Bertz CT molecular complexity index is 1530. The highest BCUT2D eigenvalue weighted by atomic mass is 16.2. The molecule has 2 unspecified atom stereocenters. The van der Waals surface area contributed by atoms with Crippen LogP contribution in [0.5, 0.6) is 0 Å². The Morgan fingerprint density at radius 3 is 1.73 bits per heavy atom. The zero-order valence-corrected chi connectivity index (χ0v) is 30.7. The van der Waals surface area contributed by atoms with E-state index >= 15 is 0 Å². The number of nitrogens with one attached hydrogen (secondary N) is 4. The molecular weight excluding hydrogens is 642 g/mol. The van der Waals surface area contributed by atoms with Crippen molar-refractivity contribution in [3.63, 3.8) is 0 Å². The van der Waals surface area contributed by atoms with Gasteiger partial charge in [-0.1, -0.05) is 119 Å². The van der Waals surface area contributed by atoms with Crippen LogP contribution >= 0.6 is 0 Å². The number of amides is 4. The van der Waals surface area contributed by atoms with Gasteiger partial charge in [-0.15, -0.1) is 0 Å². The summed E-state index contributed by atoms with van der Waals surface area (Å²) in [6.45, 7) is 10.7. The number of hydrogen-bond donors (Lipinski definition) is 4. The predicted molar refractivity (Wildman–Crippen MR) is 200 cm³/mol. The van der Waals surface area contributed by atoms with Gasteiger partial charge in [-0.3, -0.25) is 24.0 Å². The van der Waals surface area contributed by atoms with E-state index < -0.39 is 35.7 Å². The minimum Gasteiger partial charge on any atom is -0.352 e. The third-order valence-corrected chi connectivity index (χ3v) is 8.53. The molecule has 0 aliphatic heterocycles. The van der Waals surface area contributed by atoms with Crippen LogP contribution in [0.25, 0.3) is 0 Å². The van der Waals surface area contributed by atoms with Gasteiger partial charge in [-0.05, 0) is 54.7 Å². The van der Waals surface area contributed by atoms with Crippen LogP contribution in [-0.4, -0.2) is 65.5 Å². The molecule has 274 valence electrons. The molecule has 0 saturated carbocycles. The fourth-order valence-corrected chi connectivity index (χ4v) is 5.62. The number of carbonyl (C=O) groups is 5. The quantitative estimate of drug-likeness (QED) is 0.121. The number of nitrogens with zero attached hydrogens (tertiary/aromatic N) is 1. The van der Waals surface area contributed by atoms with E-state index in [4.69, 9.17) is 0 Å². The SMILES string of the molecule is CC(C)CCN(C(=O)[C@H](Cc1ccccc1)NCCC(=O)NCc1ccccc1)C(CC(C)C)C(=O)NC(C)C(=O)C(=O)NCc1ccccc1. The molecule has 51 heavy (non-hydrogen) atoms. The van der Waals surface area contributed by atoms with Gasteiger partial charge in [-0.25, -0.2) is 0 Å². The summed E-state index contributed by atoms with van der Waals surface area (Å²) in [6, 6.07) is 25.8. The van der Waals surface area contributed by atoms with Crippen molar-refractivity contribution in [3.8, 4) is 0 Å². The van der Waals surface area contributed by atoms with Crippen molar-refractivity contribution in [2.24, 2.45) is 11.8 Å². The van der Waals surface area contributed by atoms with Crippen molar-refractivity contribution in [2.45, 2.75) is 91.5 Å². The maximum atomic E-state index is 14.6. The molecule has 0 bridgehead atoms. The second-order valence-corrected chi connectivity index (χ2v) is 13.8. The van der Waals surface area contributed by atoms with Gasteiger partial charge in [0.05, 0.1) is 12.1 Å². The Morgan fingerprint density at radius 2 is 1.20 bits per heavy atom. The lowest BCUT2D eigenvalue weighted by Crippen LogP contribution is -2.58. The zero-order chi connectivity index (χ0) is 37.2. The molecule has 3 aromatic rings. The normalized spacial score (nSPS) is 12.8. The molecule has 0 aromatic heterocycles. The molecule has 4 amide bonds. The molecule has 0 fully saturated rings. The van der Waals surface area contributed by atoms with Gasteiger partial charge in [0.25, 0.3) is 5.91 Å². The van der Waals surface area contributed by atoms with Crippen LogP contribution in [0.4, 0.5) is 0 Å². The summed E-state index contributed by atoms with van der Waals surface area (Å²) in [5.41, 5.74) is 2.78. The maximum Gasteiger partial charge on any atom is 0.289 e. The van der Waals surface area contributed by atoms with E-state index in [1.807, 2.05) is 105 Å². The Morgan fingerprint density at radius 1 is 0.667 bits per heavy atom. The largest absolute Gasteiger partial charge is 0.352 e. The summed E-state index contributed by atoms with van der Waals surface area (Å²) in [5, 5.41) is 11.6. The Balaban J connectivity index is 1.77. The number of carbonyl (C=O) groups excluding carboxylic acids is 5. The van der Waals surface area contributed by atoms with Crippen LogP contribution in [0, 0.1) is 11.8 Å². The number of Topliss-reactive ketones (excluding diaryl/α,β-unsaturated/α-hetero) is 1. The van der Waals surface area contributed by atoms with Crippen molar-refractivity contribution in [1.29, 1.82) is 0 Å². The second kappa shape index (κ2) is 21.4. The van der Waals surface area contributed by atoms with E-state index in [9.17, 15) is 24.0 Å². The third-order valence-electron chi connectivity index (χ3n) is 8.53. The van der Waals surface area contributed by atoms with Crippen LogP contribution in [-0.2, 0) is 43.5 Å². The predicted octanol–water partition coefficient (Wildman–Crippen LogP) is 4.57. The summed E-state index contributed by atoms with van der Waals surface area (Å²) in [7, 11) is 0. The monoisotopic (exact) mass is 697 g/mol. The van der Waals surface area contributed by atoms with Crippen LogP contribution in [0.3, 0.4) is 0 Å². The molecule has 0 saturated heterocycles. The van der Waals surface area contributed by atoms with E-state index in [0.717, 1.165) is 16.7 Å². The highest BCUT2D eigenvalue weighted by Gasteiger charge is 2.36. The number of benzene rings is 3. The van der Waals surface area contributed by atoms with Crippen LogP contribution in [0.15, 0.2) is 91.0 Å². The maximum absolute atomic E-state index is 14.6. The highest BCUT2D eigenvalue weighted by Crippen LogP contribution is 2.18. The Hall–Kier alpha value is -4.83. The smallest absolute Gasteiger partial charge is 0.289 e. The number of hydrogen-bond acceptors (Lipinski definition) is 6. The summed E-state index contributed by atoms with van der Waals surface area (Å²) in [4.78, 5) is 68.7. The summed E-state index contributed by atoms with van der Waals surface area (Å²) in [5.74, 6) is -2.15. The average molecular weight is 698 g/mol. The van der Waals surface area contributed by atoms with Gasteiger partial charge < -0.3 is 26.2 Å². The minimum absolute atomic E-state index is 0.0455. The molecule has 3 rings (SSSR count). The highest BCUT2D eigenvalue weighted by molar-refractivity contribution is 6.38. The number of ketones is 1. The van der Waals surface area contributed by atoms with Gasteiger partial charge in [0.1, 0.15) is 6.04 Å². The molecular formula is C41H55N5O5. The molecule has 3 aromatic carbocycles. The fraction of sp³-hybridized carbons (Fsp3) is 0.439. The minimum atomic E-state index is -1.10. The van der Waals surface area contributed by atoms with Crippen molar-refractivity contribution in [2.75, 3.05) is 13.1 Å². The van der Waals surface area contributed by atoms with Gasteiger partial charge in [-0.2, -0.15) is 0 Å². The lowest BCUT2D eigenvalue weighted by molar-refractivity contribution is -0.144. The van der Waals surface area contributed by atoms with Crippen LogP contribution in [0.2, 0.25) is 0 Å². The zero-order valence-electron chi connectivity index (χ0n) is 30.7. The van der Waals surface area contributed by atoms with Crippen molar-refractivity contribution in [1.82, 2.24) is 26.2 Å². The first-order valence-electron chi connectivity index (χ1n) is 18.0. The lowest BCUT2D eigenvalue weighted by atomic mass is 9.97. The first-order valence-corrected chi connectivity index (χ1v) is 18.0. The molecule has 0 aliphatic carbocycles. The Labute approximate surface area is 303 Å². The average Bonchev–Trinajstić information content (AvgIpc) is 3.12. The Kier molecular flexibility index (Phi) is 17.0. The van der Waals surface area contributed by atoms with Gasteiger partial charge in [0.15, 0.2) is 0 Å². The van der Waals surface area contributed by atoms with E-state index in [1.165, 1.54) is 6.92 Å². The van der Waals surface area contributed by atoms with E-state index in [-0.39, 0.29) is 43.2 Å². The number of rotatable bonds is 21. The molecule has 0 heterocycles. The summed E-state index contributed by atoms with van der Waals surface area (Å²) < 4.78 is 0. The first kappa shape index (κ1) is 40.6. The summed E-state index contributed by atoms with van der Waals surface area (Å²) in [6.07, 6.45) is 1.54. The molecule has 3 atom stereocenters. The van der Waals surface area contributed by atoms with E-state index in [1.54, 1.807) is 4.90 Å². The van der Waals surface area contributed by atoms with Gasteiger partial charge in [0, 0.05) is 32.6 Å². The molecule has 0 spiro atoms. The standard InChI is InChI=1S/C41H55N5O5/c1-29(2)22-24-46(36(25-30(3)4)39(49)45-31(5)38(48)40(50)44-28-34-19-13-8-14-20-34)41(51)35(26-32-15-9-6-10-16-32)42-23-21-37(47)43-27-33-17-11-7-12-18-33/h6-20,29-31,35-36,42H,21-28H2,1-5H3,(H,43,47)(H,44,50)(H,45,49)/t31?,35-,36?/m0/s1. The van der Waals surface area contributed by atoms with Crippen LogP contribution in [0.1, 0.15) is 70.6 Å². The third kappa shape index (κ3) is 14.5. The lowest BCUT2D eigenvalue weighted by Gasteiger charge is -2.36. The fourth-order valence-electron chi connectivity index (χ4n) is 5.62. The molecule has 10 nitrogen and oxygen atoms in total. The van der Waals surface area contributed by atoms with Crippen molar-refractivity contribution >= 4 is 29.4 Å². The van der Waals surface area contributed by atoms with Crippen LogP contribution < -0.4 is 21.3 Å². The van der Waals surface area contributed by atoms with Gasteiger partial charge in [0.2, 0.25) is 23.5 Å². The molecule has 0 aliphatic rings. The van der Waals surface area contributed by atoms with E-state index in [0.29, 0.717) is 32.4 Å². The summed E-state index contributed by atoms with van der Waals surface area (Å²) >= 11 is 0. The topological polar surface area (TPSA) is 137 Å². The van der Waals surface area contributed by atoms with Gasteiger partial charge >= 0.3 is 0 Å². The van der Waals surface area contributed by atoms with Crippen molar-refractivity contribution < 1.29 is 24.0 Å². The second-order valence-electron chi connectivity index (χ2n) is 13.8. The molecule has 4 N–H and O–H groups in total. The first-order chi connectivity index (χ1) is 24.4. The van der Waals surface area contributed by atoms with E-state index in [2.05, 4.69) is 35.1 Å².